The number of nitrogens with two attached hydrogens (primary N) is 1. The van der Waals surface area contributed by atoms with E-state index in [-0.39, 0.29) is 24.9 Å². The maximum absolute atomic E-state index is 13.0. The highest BCUT2D eigenvalue weighted by Gasteiger charge is 2.14. The van der Waals surface area contributed by atoms with E-state index in [0.29, 0.717) is 12.1 Å². The van der Waals surface area contributed by atoms with Crippen molar-refractivity contribution in [1.82, 2.24) is 0 Å². The maximum atomic E-state index is 13.0. The highest BCUT2D eigenvalue weighted by atomic mass is 19.2. The fourth-order valence-corrected chi connectivity index (χ4v) is 1.24. The van der Waals surface area contributed by atoms with Gasteiger partial charge in [0.15, 0.2) is 11.6 Å². The smallest absolute Gasteiger partial charge is 0.161 e. The average molecular weight is 221 g/mol. The molecule has 1 rings (SSSR count). The molecule has 0 spiro atoms. The molecule has 0 bridgehead atoms. The second-order valence-corrected chi connectivity index (χ2v) is 3.24. The molecule has 1 nitrogen and oxygen atoms in total. The van der Waals surface area contributed by atoms with Gasteiger partial charge < -0.3 is 5.73 Å². The van der Waals surface area contributed by atoms with E-state index in [1.165, 1.54) is 0 Å². The number of benzene rings is 1. The van der Waals surface area contributed by atoms with Crippen LogP contribution >= 0.6 is 0 Å². The summed E-state index contributed by atoms with van der Waals surface area (Å²) in [6.07, 6.45) is -1.56. The molecule has 1 aromatic carbocycles. The summed E-state index contributed by atoms with van der Waals surface area (Å²) in [7, 11) is 0. The topological polar surface area (TPSA) is 26.0 Å². The molecule has 0 saturated heterocycles. The standard InChI is InChI=1S/C10H11F4N/c11-7(1-2-15)3-6-4-9(13)10(14)5-8(6)12/h4-5,7H,1-3,15H2. The van der Waals surface area contributed by atoms with Gasteiger partial charge in [-0.3, -0.25) is 0 Å². The van der Waals surface area contributed by atoms with Gasteiger partial charge in [-0.05, 0) is 24.6 Å². The van der Waals surface area contributed by atoms with Crippen molar-refractivity contribution in [2.45, 2.75) is 19.0 Å². The molecule has 0 heterocycles. The molecule has 0 aliphatic heterocycles. The maximum Gasteiger partial charge on any atom is 0.161 e. The molecule has 0 aliphatic carbocycles. The van der Waals surface area contributed by atoms with Crippen LogP contribution in [0.2, 0.25) is 0 Å². The molecular weight excluding hydrogens is 210 g/mol. The van der Waals surface area contributed by atoms with Crippen molar-refractivity contribution < 1.29 is 17.6 Å². The SMILES string of the molecule is NCCC(F)Cc1cc(F)c(F)cc1F. The van der Waals surface area contributed by atoms with Crippen LogP contribution in [0, 0.1) is 17.5 Å². The second kappa shape index (κ2) is 5.11. The number of halogens is 4. The van der Waals surface area contributed by atoms with E-state index in [2.05, 4.69) is 0 Å². The zero-order chi connectivity index (χ0) is 11.4. The van der Waals surface area contributed by atoms with E-state index >= 15 is 0 Å². The van der Waals surface area contributed by atoms with Gasteiger partial charge in [0.25, 0.3) is 0 Å². The molecule has 0 aromatic heterocycles. The Kier molecular flexibility index (Phi) is 4.08. The molecule has 0 aliphatic rings. The van der Waals surface area contributed by atoms with Crippen molar-refractivity contribution in [3.63, 3.8) is 0 Å². The van der Waals surface area contributed by atoms with Gasteiger partial charge in [0.05, 0.1) is 0 Å². The van der Waals surface area contributed by atoms with E-state index in [1.54, 1.807) is 0 Å². The summed E-state index contributed by atoms with van der Waals surface area (Å²) in [5.41, 5.74) is 4.94. The average Bonchev–Trinajstić information content (AvgIpc) is 2.14. The number of hydrogen-bond acceptors (Lipinski definition) is 1. The second-order valence-electron chi connectivity index (χ2n) is 3.24. The normalized spacial score (nSPS) is 12.9. The van der Waals surface area contributed by atoms with Crippen molar-refractivity contribution in [2.75, 3.05) is 6.54 Å². The predicted molar refractivity (Wildman–Crippen MR) is 48.6 cm³/mol. The molecule has 0 saturated carbocycles. The third kappa shape index (κ3) is 3.20. The van der Waals surface area contributed by atoms with E-state index in [0.717, 1.165) is 0 Å². The summed E-state index contributed by atoms with van der Waals surface area (Å²) in [6, 6.07) is 1.09. The fraction of sp³-hybridized carbons (Fsp3) is 0.400. The van der Waals surface area contributed by atoms with Crippen LogP contribution in [-0.4, -0.2) is 12.7 Å². The van der Waals surface area contributed by atoms with Crippen molar-refractivity contribution in [2.24, 2.45) is 5.73 Å². The van der Waals surface area contributed by atoms with Crippen molar-refractivity contribution in [3.8, 4) is 0 Å². The molecule has 0 fully saturated rings. The summed E-state index contributed by atoms with van der Waals surface area (Å²) >= 11 is 0. The Morgan fingerprint density at radius 3 is 2.27 bits per heavy atom. The van der Waals surface area contributed by atoms with Crippen LogP contribution in [0.4, 0.5) is 17.6 Å². The number of rotatable bonds is 4. The van der Waals surface area contributed by atoms with Gasteiger partial charge in [-0.2, -0.15) is 0 Å². The Labute approximate surface area is 84.9 Å². The molecule has 1 aromatic rings. The Hall–Kier alpha value is -1.10. The van der Waals surface area contributed by atoms with Crippen LogP contribution in [0.5, 0.6) is 0 Å². The van der Waals surface area contributed by atoms with Crippen LogP contribution in [-0.2, 0) is 6.42 Å². The van der Waals surface area contributed by atoms with Gasteiger partial charge in [-0.1, -0.05) is 0 Å². The quantitative estimate of drug-likeness (QED) is 0.613. The minimum absolute atomic E-state index is 0.0679. The predicted octanol–water partition coefficient (Wildman–Crippen LogP) is 2.33. The number of alkyl halides is 1. The lowest BCUT2D eigenvalue weighted by Crippen LogP contribution is -2.13. The Bertz CT molecular complexity index is 340. The molecule has 84 valence electrons. The molecule has 2 N–H and O–H groups in total. The molecule has 15 heavy (non-hydrogen) atoms. The van der Waals surface area contributed by atoms with E-state index in [1.807, 2.05) is 0 Å². The lowest BCUT2D eigenvalue weighted by atomic mass is 10.1. The first-order valence-corrected chi connectivity index (χ1v) is 4.52. The third-order valence-corrected chi connectivity index (χ3v) is 2.01. The fourth-order valence-electron chi connectivity index (χ4n) is 1.24. The first-order chi connectivity index (χ1) is 7.04. The largest absolute Gasteiger partial charge is 0.330 e. The monoisotopic (exact) mass is 221 g/mol. The van der Waals surface area contributed by atoms with Gasteiger partial charge in [-0.15, -0.1) is 0 Å². The Morgan fingerprint density at radius 1 is 1.07 bits per heavy atom. The van der Waals surface area contributed by atoms with Gasteiger partial charge in [-0.25, -0.2) is 17.6 Å². The van der Waals surface area contributed by atoms with Gasteiger partial charge >= 0.3 is 0 Å². The third-order valence-electron chi connectivity index (χ3n) is 2.01. The first-order valence-electron chi connectivity index (χ1n) is 4.52. The first kappa shape index (κ1) is 12.0. The molecular formula is C10H11F4N. The minimum Gasteiger partial charge on any atom is -0.330 e. The van der Waals surface area contributed by atoms with Gasteiger partial charge in [0, 0.05) is 12.5 Å². The molecule has 1 unspecified atom stereocenters. The summed E-state index contributed by atoms with van der Waals surface area (Å²) in [5, 5.41) is 0. The van der Waals surface area contributed by atoms with Crippen LogP contribution < -0.4 is 5.73 Å². The lowest BCUT2D eigenvalue weighted by molar-refractivity contribution is 0.312. The van der Waals surface area contributed by atoms with Crippen molar-refractivity contribution in [3.05, 3.63) is 35.1 Å². The minimum atomic E-state index is -1.34. The van der Waals surface area contributed by atoms with E-state index in [4.69, 9.17) is 5.73 Å². The lowest BCUT2D eigenvalue weighted by Gasteiger charge is -2.08. The van der Waals surface area contributed by atoms with Crippen LogP contribution in [0.1, 0.15) is 12.0 Å². The Balaban J connectivity index is 2.81. The highest BCUT2D eigenvalue weighted by Crippen LogP contribution is 2.17. The summed E-state index contributed by atoms with van der Waals surface area (Å²) in [5.74, 6) is -3.38. The highest BCUT2D eigenvalue weighted by molar-refractivity contribution is 5.20. The van der Waals surface area contributed by atoms with Crippen LogP contribution in [0.15, 0.2) is 12.1 Å². The van der Waals surface area contributed by atoms with E-state index in [9.17, 15) is 17.6 Å². The van der Waals surface area contributed by atoms with Gasteiger partial charge in [0.2, 0.25) is 0 Å². The molecule has 0 amide bonds. The zero-order valence-electron chi connectivity index (χ0n) is 7.94. The van der Waals surface area contributed by atoms with Crippen LogP contribution in [0.3, 0.4) is 0 Å². The summed E-state index contributed by atoms with van der Waals surface area (Å²) in [6.45, 7) is 0.131. The molecule has 0 radical (unpaired) electrons. The molecule has 1 atom stereocenters. The summed E-state index contributed by atoms with van der Waals surface area (Å²) < 4.78 is 51.3. The molecule has 5 heteroatoms. The summed E-state index contributed by atoms with van der Waals surface area (Å²) in [4.78, 5) is 0. The Morgan fingerprint density at radius 2 is 1.67 bits per heavy atom. The van der Waals surface area contributed by atoms with Crippen molar-refractivity contribution in [1.29, 1.82) is 0 Å². The number of hydrogen-bond donors (Lipinski definition) is 1. The zero-order valence-corrected chi connectivity index (χ0v) is 7.94. The van der Waals surface area contributed by atoms with E-state index < -0.39 is 23.6 Å². The van der Waals surface area contributed by atoms with Gasteiger partial charge in [0.1, 0.15) is 12.0 Å². The van der Waals surface area contributed by atoms with Crippen molar-refractivity contribution >= 4 is 0 Å². The van der Waals surface area contributed by atoms with Crippen LogP contribution in [0.25, 0.3) is 0 Å².